The molecule has 1 aromatic rings. The van der Waals surface area contributed by atoms with Crippen molar-refractivity contribution < 1.29 is 14.3 Å². The Labute approximate surface area is 88.2 Å². The number of nitrogens with one attached hydrogen (secondary N) is 1. The van der Waals surface area contributed by atoms with Gasteiger partial charge in [-0.15, -0.1) is 0 Å². The van der Waals surface area contributed by atoms with Gasteiger partial charge in [0.15, 0.2) is 0 Å². The second-order valence-corrected chi connectivity index (χ2v) is 2.98. The maximum Gasteiger partial charge on any atom is 0.221 e. The number of carbonyl (C=O) groups excluding carboxylic acids is 1. The molecule has 0 radical (unpaired) electrons. The minimum Gasteiger partial charge on any atom is -0.495 e. The Bertz CT molecular complexity index is 377. The first-order chi connectivity index (χ1) is 7.08. The van der Waals surface area contributed by atoms with Gasteiger partial charge in [-0.05, 0) is 0 Å². The number of anilines is 2. The molecule has 0 bridgehead atoms. The molecule has 0 atom stereocenters. The number of methoxy groups -OCH3 is 2. The van der Waals surface area contributed by atoms with Crippen molar-refractivity contribution in [2.75, 3.05) is 25.3 Å². The van der Waals surface area contributed by atoms with Gasteiger partial charge in [0.05, 0.1) is 25.6 Å². The molecule has 0 saturated heterocycles. The number of hydrogen-bond donors (Lipinski definition) is 2. The van der Waals surface area contributed by atoms with Crippen LogP contribution in [0.2, 0.25) is 0 Å². The summed E-state index contributed by atoms with van der Waals surface area (Å²) in [6, 6.07) is 3.22. The topological polar surface area (TPSA) is 73.6 Å². The van der Waals surface area contributed by atoms with E-state index in [2.05, 4.69) is 5.32 Å². The van der Waals surface area contributed by atoms with Crippen LogP contribution in [0.15, 0.2) is 12.1 Å². The molecule has 0 aliphatic heterocycles. The minimum absolute atomic E-state index is 0.180. The van der Waals surface area contributed by atoms with Crippen LogP contribution in [0.25, 0.3) is 0 Å². The van der Waals surface area contributed by atoms with E-state index in [0.29, 0.717) is 22.9 Å². The van der Waals surface area contributed by atoms with Gasteiger partial charge in [0.1, 0.15) is 11.5 Å². The fraction of sp³-hybridized carbons (Fsp3) is 0.300. The highest BCUT2D eigenvalue weighted by Crippen LogP contribution is 2.34. The molecule has 1 aromatic carbocycles. The number of nitrogens with two attached hydrogens (primary N) is 1. The summed E-state index contributed by atoms with van der Waals surface area (Å²) in [6.45, 7) is 1.42. The Morgan fingerprint density at radius 1 is 1.27 bits per heavy atom. The molecule has 0 saturated carbocycles. The van der Waals surface area contributed by atoms with Crippen LogP contribution in [0.3, 0.4) is 0 Å². The van der Waals surface area contributed by atoms with E-state index in [0.717, 1.165) is 0 Å². The van der Waals surface area contributed by atoms with E-state index in [1.807, 2.05) is 0 Å². The van der Waals surface area contributed by atoms with Crippen molar-refractivity contribution in [3.8, 4) is 11.5 Å². The molecule has 0 heterocycles. The van der Waals surface area contributed by atoms with E-state index in [9.17, 15) is 4.79 Å². The van der Waals surface area contributed by atoms with E-state index in [1.165, 1.54) is 21.1 Å². The van der Waals surface area contributed by atoms with Crippen molar-refractivity contribution >= 4 is 17.3 Å². The second kappa shape index (κ2) is 4.54. The highest BCUT2D eigenvalue weighted by Gasteiger charge is 2.09. The standard InChI is InChI=1S/C10H14N2O3/c1-6(13)12-8-5-9(14-2)7(11)4-10(8)15-3/h4-5H,11H2,1-3H3,(H,12,13). The van der Waals surface area contributed by atoms with Gasteiger partial charge in [-0.2, -0.15) is 0 Å². The van der Waals surface area contributed by atoms with Gasteiger partial charge < -0.3 is 20.5 Å². The van der Waals surface area contributed by atoms with E-state index in [-0.39, 0.29) is 5.91 Å². The van der Waals surface area contributed by atoms with E-state index >= 15 is 0 Å². The molecule has 0 fully saturated rings. The average Bonchev–Trinajstić information content (AvgIpc) is 2.19. The van der Waals surface area contributed by atoms with Gasteiger partial charge in [-0.25, -0.2) is 0 Å². The quantitative estimate of drug-likeness (QED) is 0.736. The summed E-state index contributed by atoms with van der Waals surface area (Å²) < 4.78 is 10.1. The first kappa shape index (κ1) is 11.2. The predicted molar refractivity (Wildman–Crippen MR) is 58.3 cm³/mol. The van der Waals surface area contributed by atoms with E-state index < -0.39 is 0 Å². The Balaban J connectivity index is 3.16. The van der Waals surface area contributed by atoms with Crippen LogP contribution in [0, 0.1) is 0 Å². The van der Waals surface area contributed by atoms with Crippen molar-refractivity contribution in [3.63, 3.8) is 0 Å². The zero-order valence-corrected chi connectivity index (χ0v) is 8.96. The summed E-state index contributed by atoms with van der Waals surface area (Å²) in [5, 5.41) is 2.63. The highest BCUT2D eigenvalue weighted by atomic mass is 16.5. The molecule has 82 valence electrons. The maximum absolute atomic E-state index is 10.9. The fourth-order valence-corrected chi connectivity index (χ4v) is 1.21. The zero-order valence-electron chi connectivity index (χ0n) is 8.96. The van der Waals surface area contributed by atoms with Gasteiger partial charge in [0.2, 0.25) is 5.91 Å². The number of benzene rings is 1. The lowest BCUT2D eigenvalue weighted by atomic mass is 10.2. The van der Waals surface area contributed by atoms with Crippen LogP contribution in [-0.2, 0) is 4.79 Å². The summed E-state index contributed by atoms with van der Waals surface area (Å²) in [5.41, 5.74) is 6.69. The number of ether oxygens (including phenoxy) is 2. The van der Waals surface area contributed by atoms with E-state index in [1.54, 1.807) is 12.1 Å². The van der Waals surface area contributed by atoms with Crippen molar-refractivity contribution in [3.05, 3.63) is 12.1 Å². The lowest BCUT2D eigenvalue weighted by Crippen LogP contribution is -2.08. The lowest BCUT2D eigenvalue weighted by molar-refractivity contribution is -0.114. The van der Waals surface area contributed by atoms with Gasteiger partial charge in [-0.3, -0.25) is 4.79 Å². The van der Waals surface area contributed by atoms with Gasteiger partial charge in [-0.1, -0.05) is 0 Å². The summed E-state index contributed by atoms with van der Waals surface area (Å²) >= 11 is 0. The molecule has 15 heavy (non-hydrogen) atoms. The SMILES string of the molecule is COc1cc(NC(C)=O)c(OC)cc1N. The number of amides is 1. The number of hydrogen-bond acceptors (Lipinski definition) is 4. The van der Waals surface area contributed by atoms with Crippen molar-refractivity contribution in [1.29, 1.82) is 0 Å². The Hall–Kier alpha value is -1.91. The van der Waals surface area contributed by atoms with Crippen LogP contribution >= 0.6 is 0 Å². The van der Waals surface area contributed by atoms with Crippen molar-refractivity contribution in [1.82, 2.24) is 0 Å². The molecular formula is C10H14N2O3. The van der Waals surface area contributed by atoms with Crippen LogP contribution in [0.4, 0.5) is 11.4 Å². The van der Waals surface area contributed by atoms with Gasteiger partial charge >= 0.3 is 0 Å². The molecule has 5 nitrogen and oxygen atoms in total. The summed E-state index contributed by atoms with van der Waals surface area (Å²) in [4.78, 5) is 10.9. The number of nitrogen functional groups attached to an aromatic ring is 1. The normalized spacial score (nSPS) is 9.53. The van der Waals surface area contributed by atoms with Gasteiger partial charge in [0.25, 0.3) is 0 Å². The largest absolute Gasteiger partial charge is 0.495 e. The fourth-order valence-electron chi connectivity index (χ4n) is 1.21. The van der Waals surface area contributed by atoms with Crippen LogP contribution in [0.5, 0.6) is 11.5 Å². The molecule has 0 aromatic heterocycles. The van der Waals surface area contributed by atoms with Gasteiger partial charge in [0, 0.05) is 19.1 Å². The molecular weight excluding hydrogens is 196 g/mol. The van der Waals surface area contributed by atoms with Crippen molar-refractivity contribution in [2.24, 2.45) is 0 Å². The molecule has 5 heteroatoms. The third-order valence-electron chi connectivity index (χ3n) is 1.86. The monoisotopic (exact) mass is 210 g/mol. The van der Waals surface area contributed by atoms with Crippen LogP contribution in [-0.4, -0.2) is 20.1 Å². The summed E-state index contributed by atoms with van der Waals surface area (Å²) in [6.07, 6.45) is 0. The molecule has 1 rings (SSSR count). The smallest absolute Gasteiger partial charge is 0.221 e. The highest BCUT2D eigenvalue weighted by molar-refractivity contribution is 5.91. The minimum atomic E-state index is -0.180. The van der Waals surface area contributed by atoms with Crippen LogP contribution < -0.4 is 20.5 Å². The van der Waals surface area contributed by atoms with E-state index in [4.69, 9.17) is 15.2 Å². The van der Waals surface area contributed by atoms with Crippen LogP contribution in [0.1, 0.15) is 6.92 Å². The lowest BCUT2D eigenvalue weighted by Gasteiger charge is -2.12. The molecule has 0 spiro atoms. The summed E-state index contributed by atoms with van der Waals surface area (Å²) in [5.74, 6) is 0.822. The maximum atomic E-state index is 10.9. The first-order valence-corrected chi connectivity index (χ1v) is 4.37. The Kier molecular flexibility index (Phi) is 3.38. The third-order valence-corrected chi connectivity index (χ3v) is 1.86. The Morgan fingerprint density at radius 2 is 1.87 bits per heavy atom. The zero-order chi connectivity index (χ0) is 11.4. The number of rotatable bonds is 3. The molecule has 0 aliphatic rings. The molecule has 0 aliphatic carbocycles. The number of carbonyl (C=O) groups is 1. The Morgan fingerprint density at radius 3 is 2.33 bits per heavy atom. The predicted octanol–water partition coefficient (Wildman–Crippen LogP) is 1.24. The molecule has 0 unspecified atom stereocenters. The third kappa shape index (κ3) is 2.52. The molecule has 3 N–H and O–H groups in total. The molecule has 1 amide bonds. The van der Waals surface area contributed by atoms with Crippen molar-refractivity contribution in [2.45, 2.75) is 6.92 Å². The summed E-state index contributed by atoms with van der Waals surface area (Å²) in [7, 11) is 3.02. The second-order valence-electron chi connectivity index (χ2n) is 2.98. The average molecular weight is 210 g/mol. The first-order valence-electron chi connectivity index (χ1n) is 4.37.